The number of hydrogen-bond donors (Lipinski definition) is 0. The van der Waals surface area contributed by atoms with Gasteiger partial charge in [-0.2, -0.15) is 0 Å². The van der Waals surface area contributed by atoms with Gasteiger partial charge in [-0.15, -0.1) is 6.58 Å². The van der Waals surface area contributed by atoms with Crippen LogP contribution in [0.3, 0.4) is 0 Å². The number of fused-ring (bicyclic) bond motifs is 2. The maximum absolute atomic E-state index is 12.9. The Morgan fingerprint density at radius 3 is 2.72 bits per heavy atom. The molecule has 2 aromatic carbocycles. The fourth-order valence-electron chi connectivity index (χ4n) is 3.31. The van der Waals surface area contributed by atoms with Crippen LogP contribution in [-0.4, -0.2) is 23.2 Å². The van der Waals surface area contributed by atoms with Crippen molar-refractivity contribution in [3.05, 3.63) is 77.1 Å². The summed E-state index contributed by atoms with van der Waals surface area (Å²) >= 11 is 0. The minimum absolute atomic E-state index is 0.0114. The summed E-state index contributed by atoms with van der Waals surface area (Å²) in [6, 6.07) is 15.3. The molecule has 1 aromatic heterocycles. The lowest BCUT2D eigenvalue weighted by Gasteiger charge is -2.17. The molecule has 4 rings (SSSR count). The van der Waals surface area contributed by atoms with Gasteiger partial charge >= 0.3 is 0 Å². The predicted molar refractivity (Wildman–Crippen MR) is 99.3 cm³/mol. The van der Waals surface area contributed by atoms with Gasteiger partial charge in [-0.3, -0.25) is 9.36 Å². The molecule has 2 heterocycles. The highest BCUT2D eigenvalue weighted by Crippen LogP contribution is 2.29. The summed E-state index contributed by atoms with van der Waals surface area (Å²) in [4.78, 5) is 19.8. The van der Waals surface area contributed by atoms with E-state index in [0.29, 0.717) is 24.4 Å². The summed E-state index contributed by atoms with van der Waals surface area (Å²) in [5, 5.41) is 0.643. The van der Waals surface area contributed by atoms with Crippen LogP contribution in [0.15, 0.2) is 66.0 Å². The Labute approximate surface area is 145 Å². The lowest BCUT2D eigenvalue weighted by atomic mass is 10.2. The lowest BCUT2D eigenvalue weighted by molar-refractivity contribution is 0.414. The summed E-state index contributed by atoms with van der Waals surface area (Å²) in [6.07, 6.45) is 1.81. The molecule has 5 nitrogen and oxygen atoms in total. The zero-order valence-electron chi connectivity index (χ0n) is 14.1. The van der Waals surface area contributed by atoms with Crippen molar-refractivity contribution in [2.24, 2.45) is 0 Å². The van der Waals surface area contributed by atoms with Gasteiger partial charge in [0.1, 0.15) is 5.75 Å². The molecule has 1 atom stereocenters. The first-order valence-electron chi connectivity index (χ1n) is 8.23. The van der Waals surface area contributed by atoms with Gasteiger partial charge in [0.05, 0.1) is 24.1 Å². The standard InChI is InChI=1S/C20H19N3O2/c1-3-15-13-22(12-14-8-10-16(25-2)11-9-14)20-21-18-7-5-4-6-17(18)19(24)23(15)20/h3-11,15H,1,12-13H2,2H3/t15-/m1/s1. The molecule has 0 saturated heterocycles. The largest absolute Gasteiger partial charge is 0.497 e. The summed E-state index contributed by atoms with van der Waals surface area (Å²) in [6.45, 7) is 5.26. The van der Waals surface area contributed by atoms with Crippen molar-refractivity contribution in [3.63, 3.8) is 0 Å². The summed E-state index contributed by atoms with van der Waals surface area (Å²) < 4.78 is 6.96. The topological polar surface area (TPSA) is 47.4 Å². The average molecular weight is 333 g/mol. The quantitative estimate of drug-likeness (QED) is 0.688. The van der Waals surface area contributed by atoms with Crippen molar-refractivity contribution in [3.8, 4) is 5.75 Å². The molecule has 0 N–H and O–H groups in total. The van der Waals surface area contributed by atoms with E-state index in [0.717, 1.165) is 16.8 Å². The van der Waals surface area contributed by atoms with Crippen molar-refractivity contribution in [2.75, 3.05) is 18.6 Å². The zero-order valence-corrected chi connectivity index (χ0v) is 14.1. The molecule has 25 heavy (non-hydrogen) atoms. The summed E-state index contributed by atoms with van der Waals surface area (Å²) in [7, 11) is 1.65. The molecule has 0 aliphatic carbocycles. The third kappa shape index (κ3) is 2.58. The van der Waals surface area contributed by atoms with Gasteiger partial charge in [-0.25, -0.2) is 4.98 Å². The Kier molecular flexibility index (Phi) is 3.76. The van der Waals surface area contributed by atoms with Crippen LogP contribution in [0.2, 0.25) is 0 Å². The fourth-order valence-corrected chi connectivity index (χ4v) is 3.31. The van der Waals surface area contributed by atoms with Gasteiger partial charge in [0.25, 0.3) is 5.56 Å². The first-order valence-corrected chi connectivity index (χ1v) is 8.23. The number of hydrogen-bond acceptors (Lipinski definition) is 4. The van der Waals surface area contributed by atoms with Crippen LogP contribution in [-0.2, 0) is 6.54 Å². The molecule has 0 radical (unpaired) electrons. The Bertz CT molecular complexity index is 992. The minimum Gasteiger partial charge on any atom is -0.497 e. The van der Waals surface area contributed by atoms with E-state index in [2.05, 4.69) is 11.5 Å². The number of nitrogens with zero attached hydrogens (tertiary/aromatic N) is 3. The van der Waals surface area contributed by atoms with Crippen LogP contribution in [0.5, 0.6) is 5.75 Å². The molecule has 1 aliphatic heterocycles. The molecule has 3 aromatic rings. The van der Waals surface area contributed by atoms with Gasteiger partial charge in [0, 0.05) is 13.1 Å². The van der Waals surface area contributed by atoms with E-state index in [4.69, 9.17) is 9.72 Å². The maximum atomic E-state index is 12.9. The third-order valence-corrected chi connectivity index (χ3v) is 4.62. The van der Waals surface area contributed by atoms with Crippen molar-refractivity contribution < 1.29 is 4.74 Å². The predicted octanol–water partition coefficient (Wildman–Crippen LogP) is 3.15. The molecule has 1 aliphatic rings. The normalized spacial score (nSPS) is 16.0. The minimum atomic E-state index is -0.0714. The highest BCUT2D eigenvalue weighted by molar-refractivity contribution is 5.79. The molecular formula is C20H19N3O2. The number of benzene rings is 2. The van der Waals surface area contributed by atoms with Crippen LogP contribution in [0.25, 0.3) is 10.9 Å². The number of ether oxygens (including phenoxy) is 1. The number of aromatic nitrogens is 2. The van der Waals surface area contributed by atoms with E-state index in [1.165, 1.54) is 0 Å². The second kappa shape index (κ2) is 6.09. The van der Waals surface area contributed by atoms with Crippen LogP contribution < -0.4 is 15.2 Å². The Morgan fingerprint density at radius 1 is 1.24 bits per heavy atom. The monoisotopic (exact) mass is 333 g/mol. The molecule has 126 valence electrons. The lowest BCUT2D eigenvalue weighted by Crippen LogP contribution is -2.23. The molecule has 0 amide bonds. The van der Waals surface area contributed by atoms with E-state index in [1.807, 2.05) is 54.6 Å². The molecule has 0 saturated carbocycles. The van der Waals surface area contributed by atoms with Crippen molar-refractivity contribution >= 4 is 16.9 Å². The Hall–Kier alpha value is -3.08. The number of methoxy groups -OCH3 is 1. The Morgan fingerprint density at radius 2 is 2.00 bits per heavy atom. The van der Waals surface area contributed by atoms with E-state index in [-0.39, 0.29) is 11.6 Å². The van der Waals surface area contributed by atoms with Gasteiger partial charge in [-0.05, 0) is 29.8 Å². The number of para-hydroxylation sites is 1. The second-order valence-electron chi connectivity index (χ2n) is 6.14. The average Bonchev–Trinajstić information content (AvgIpc) is 3.00. The maximum Gasteiger partial charge on any atom is 0.263 e. The molecular weight excluding hydrogens is 314 g/mol. The molecule has 0 unspecified atom stereocenters. The van der Waals surface area contributed by atoms with Gasteiger partial charge < -0.3 is 9.64 Å². The number of anilines is 1. The van der Waals surface area contributed by atoms with Crippen LogP contribution in [0, 0.1) is 0 Å². The highest BCUT2D eigenvalue weighted by Gasteiger charge is 2.29. The molecule has 0 fully saturated rings. The van der Waals surface area contributed by atoms with Crippen LogP contribution in [0.1, 0.15) is 11.6 Å². The van der Waals surface area contributed by atoms with Crippen molar-refractivity contribution in [1.82, 2.24) is 9.55 Å². The molecule has 5 heteroatoms. The SMILES string of the molecule is C=C[C@@H]1CN(Cc2ccc(OC)cc2)c2nc3ccccc3c(=O)n21. The van der Waals surface area contributed by atoms with Crippen molar-refractivity contribution in [1.29, 1.82) is 0 Å². The first-order chi connectivity index (χ1) is 12.2. The van der Waals surface area contributed by atoms with E-state index < -0.39 is 0 Å². The highest BCUT2D eigenvalue weighted by atomic mass is 16.5. The number of rotatable bonds is 4. The first kappa shape index (κ1) is 15.4. The van der Waals surface area contributed by atoms with E-state index >= 15 is 0 Å². The smallest absolute Gasteiger partial charge is 0.263 e. The van der Waals surface area contributed by atoms with Crippen molar-refractivity contribution in [2.45, 2.75) is 12.6 Å². The second-order valence-corrected chi connectivity index (χ2v) is 6.14. The van der Waals surface area contributed by atoms with Crippen LogP contribution in [0.4, 0.5) is 5.95 Å². The van der Waals surface area contributed by atoms with Gasteiger partial charge in [0.15, 0.2) is 0 Å². The summed E-state index contributed by atoms with van der Waals surface area (Å²) in [5.74, 6) is 1.53. The Balaban J connectivity index is 1.77. The fraction of sp³-hybridized carbons (Fsp3) is 0.200. The van der Waals surface area contributed by atoms with E-state index in [9.17, 15) is 4.79 Å². The van der Waals surface area contributed by atoms with Crippen LogP contribution >= 0.6 is 0 Å². The molecule has 0 spiro atoms. The third-order valence-electron chi connectivity index (χ3n) is 4.62. The van der Waals surface area contributed by atoms with Gasteiger partial charge in [-0.1, -0.05) is 30.3 Å². The van der Waals surface area contributed by atoms with Gasteiger partial charge in [0.2, 0.25) is 5.95 Å². The zero-order chi connectivity index (χ0) is 17.4. The molecule has 0 bridgehead atoms. The summed E-state index contributed by atoms with van der Waals surface area (Å²) in [5.41, 5.74) is 1.85. The van der Waals surface area contributed by atoms with E-state index in [1.54, 1.807) is 11.7 Å².